The monoisotopic (exact) mass is 455 g/mol. The van der Waals surface area contributed by atoms with Gasteiger partial charge in [-0.1, -0.05) is 0 Å². The second kappa shape index (κ2) is 7.04. The predicted molar refractivity (Wildman–Crippen MR) is 116 cm³/mol. The van der Waals surface area contributed by atoms with Gasteiger partial charge in [-0.3, -0.25) is 24.5 Å². The van der Waals surface area contributed by atoms with Crippen molar-refractivity contribution in [3.63, 3.8) is 0 Å². The van der Waals surface area contributed by atoms with Crippen LogP contribution in [0.15, 0.2) is 24.3 Å². The number of Topliss-reactive ketones (excluding diaryl/α,β-unsaturated/α-hetero) is 1. The minimum Gasteiger partial charge on any atom is -0.350 e. The molecule has 2 heterocycles. The number of hydrogen-bond acceptors (Lipinski definition) is 6. The molecule has 4 saturated carbocycles. The molecule has 6 fully saturated rings. The molecule has 8 nitrogen and oxygen atoms in total. The van der Waals surface area contributed by atoms with Gasteiger partial charge in [0.05, 0.1) is 4.92 Å². The van der Waals surface area contributed by atoms with Crippen molar-refractivity contribution in [1.82, 2.24) is 10.2 Å². The maximum atomic E-state index is 13.3. The topological polar surface area (TPSA) is 110 Å². The van der Waals surface area contributed by atoms with Crippen molar-refractivity contribution in [2.24, 2.45) is 23.7 Å². The van der Waals surface area contributed by atoms with Crippen LogP contribution >= 0.6 is 11.8 Å². The number of thioether (sulfide) groups is 1. The largest absolute Gasteiger partial charge is 0.350 e. The number of fused-ring (bicyclic) bond motifs is 1. The van der Waals surface area contributed by atoms with Gasteiger partial charge in [-0.15, -0.1) is 11.8 Å². The Morgan fingerprint density at radius 2 is 1.66 bits per heavy atom. The van der Waals surface area contributed by atoms with Gasteiger partial charge in [-0.05, 0) is 74.0 Å². The summed E-state index contributed by atoms with van der Waals surface area (Å²) >= 11 is 1.46. The van der Waals surface area contributed by atoms with E-state index in [4.69, 9.17) is 0 Å². The molecule has 168 valence electrons. The fourth-order valence-corrected chi connectivity index (χ4v) is 8.76. The van der Waals surface area contributed by atoms with Crippen molar-refractivity contribution in [2.75, 3.05) is 5.75 Å². The van der Waals surface area contributed by atoms with E-state index in [1.54, 1.807) is 12.1 Å². The first-order valence-electron chi connectivity index (χ1n) is 11.4. The summed E-state index contributed by atoms with van der Waals surface area (Å²) in [4.78, 5) is 51.7. The minimum absolute atomic E-state index is 0.0232. The Morgan fingerprint density at radius 3 is 2.22 bits per heavy atom. The van der Waals surface area contributed by atoms with Crippen molar-refractivity contribution in [3.8, 4) is 0 Å². The molecule has 7 rings (SSSR count). The predicted octanol–water partition coefficient (Wildman–Crippen LogP) is 2.82. The highest BCUT2D eigenvalue weighted by Gasteiger charge is 2.58. The Morgan fingerprint density at radius 1 is 1.06 bits per heavy atom. The molecule has 1 N–H and O–H groups in total. The van der Waals surface area contributed by atoms with Crippen LogP contribution in [0.2, 0.25) is 0 Å². The maximum Gasteiger partial charge on any atom is 0.269 e. The maximum absolute atomic E-state index is 13.3. The third kappa shape index (κ3) is 3.00. The lowest BCUT2D eigenvalue weighted by molar-refractivity contribution is -0.384. The van der Waals surface area contributed by atoms with Crippen LogP contribution in [0.3, 0.4) is 0 Å². The number of benzene rings is 1. The van der Waals surface area contributed by atoms with Crippen LogP contribution in [0.1, 0.15) is 49.5 Å². The van der Waals surface area contributed by atoms with E-state index in [-0.39, 0.29) is 17.0 Å². The van der Waals surface area contributed by atoms with Gasteiger partial charge in [0.2, 0.25) is 11.8 Å². The van der Waals surface area contributed by atoms with E-state index < -0.39 is 34.1 Å². The van der Waals surface area contributed by atoms with Crippen LogP contribution in [-0.4, -0.2) is 44.8 Å². The van der Waals surface area contributed by atoms with Crippen LogP contribution in [0.25, 0.3) is 0 Å². The Bertz CT molecular complexity index is 990. The van der Waals surface area contributed by atoms with Gasteiger partial charge >= 0.3 is 0 Å². The number of nitro benzene ring substituents is 1. The number of rotatable bonds is 4. The van der Waals surface area contributed by atoms with E-state index >= 15 is 0 Å². The normalized spacial score (nSPS) is 39.4. The number of hydrogen-bond donors (Lipinski definition) is 1. The number of nitrogens with one attached hydrogen (secondary N) is 1. The lowest BCUT2D eigenvalue weighted by Crippen LogP contribution is -2.61. The van der Waals surface area contributed by atoms with Gasteiger partial charge in [0.15, 0.2) is 11.7 Å². The lowest BCUT2D eigenvalue weighted by Gasteiger charge is -2.57. The fraction of sp³-hybridized carbons (Fsp3) is 0.609. The minimum atomic E-state index is -1.27. The average Bonchev–Trinajstić information content (AvgIpc) is 3.27. The zero-order valence-electron chi connectivity index (χ0n) is 17.6. The van der Waals surface area contributed by atoms with E-state index in [9.17, 15) is 24.5 Å². The second-order valence-corrected chi connectivity index (χ2v) is 11.4. The molecule has 2 aliphatic heterocycles. The standard InChI is InChI=1S/C23H25N3O5S/c27-19-17-11-32-22(15-1-3-16(4-2-15)26(30)31)25(17)21(29)18(19)20(28)24-23-8-12-5-13(9-23)7-14(6-12)10-23/h1-4,12-14,17-18,22H,5-11H2,(H,24,28)/t12?,13?,14?,17?,18?,22-,23?/m0/s1. The Balaban J connectivity index is 1.21. The number of ketones is 1. The van der Waals surface area contributed by atoms with E-state index in [0.29, 0.717) is 23.5 Å². The Kier molecular flexibility index (Phi) is 4.44. The molecule has 0 spiro atoms. The molecule has 3 atom stereocenters. The summed E-state index contributed by atoms with van der Waals surface area (Å²) in [6.45, 7) is 0. The van der Waals surface area contributed by atoms with E-state index in [1.165, 1.54) is 48.1 Å². The number of nitro groups is 1. The molecule has 4 bridgehead atoms. The highest BCUT2D eigenvalue weighted by Crippen LogP contribution is 2.56. The molecule has 2 unspecified atom stereocenters. The molecule has 1 aromatic rings. The first-order valence-corrected chi connectivity index (χ1v) is 12.4. The van der Waals surface area contributed by atoms with Crippen molar-refractivity contribution in [3.05, 3.63) is 39.9 Å². The lowest BCUT2D eigenvalue weighted by atomic mass is 9.53. The quantitative estimate of drug-likeness (QED) is 0.425. The summed E-state index contributed by atoms with van der Waals surface area (Å²) in [7, 11) is 0. The smallest absolute Gasteiger partial charge is 0.269 e. The van der Waals surface area contributed by atoms with Crippen LogP contribution in [0.4, 0.5) is 5.69 Å². The molecule has 2 amide bonds. The Labute approximate surface area is 189 Å². The summed E-state index contributed by atoms with van der Waals surface area (Å²) in [5.41, 5.74) is 0.461. The second-order valence-electron chi connectivity index (χ2n) is 10.3. The van der Waals surface area contributed by atoms with E-state index in [1.807, 2.05) is 0 Å². The molecule has 32 heavy (non-hydrogen) atoms. The molecule has 2 saturated heterocycles. The van der Waals surface area contributed by atoms with E-state index in [2.05, 4.69) is 5.32 Å². The van der Waals surface area contributed by atoms with Crippen LogP contribution in [-0.2, 0) is 14.4 Å². The summed E-state index contributed by atoms with van der Waals surface area (Å²) in [5, 5.41) is 13.7. The SMILES string of the molecule is O=C(NC12CC3CC(CC(C3)C1)C2)C1C(=O)C2CS[C@@H](c3ccc([N+](=O)[O-])cc3)N2C1=O. The first-order chi connectivity index (χ1) is 15.3. The zero-order chi connectivity index (χ0) is 22.2. The molecule has 4 aliphatic carbocycles. The van der Waals surface area contributed by atoms with Crippen molar-refractivity contribution < 1.29 is 19.3 Å². The van der Waals surface area contributed by atoms with Crippen molar-refractivity contribution in [1.29, 1.82) is 0 Å². The molecule has 0 radical (unpaired) electrons. The van der Waals surface area contributed by atoms with Crippen LogP contribution in [0.5, 0.6) is 0 Å². The molecule has 6 aliphatic rings. The van der Waals surface area contributed by atoms with Gasteiger partial charge in [-0.2, -0.15) is 0 Å². The number of carbonyl (C=O) groups excluding carboxylic acids is 3. The van der Waals surface area contributed by atoms with Gasteiger partial charge in [-0.25, -0.2) is 0 Å². The van der Waals surface area contributed by atoms with E-state index in [0.717, 1.165) is 24.8 Å². The van der Waals surface area contributed by atoms with Crippen molar-refractivity contribution in [2.45, 2.75) is 55.5 Å². The fourth-order valence-electron chi connectivity index (χ4n) is 7.31. The van der Waals surface area contributed by atoms with Gasteiger partial charge in [0, 0.05) is 23.4 Å². The third-order valence-corrected chi connectivity index (χ3v) is 9.52. The van der Waals surface area contributed by atoms with Gasteiger partial charge in [0.1, 0.15) is 11.4 Å². The number of nitrogens with zero attached hydrogens (tertiary/aromatic N) is 2. The van der Waals surface area contributed by atoms with Crippen LogP contribution < -0.4 is 5.32 Å². The molecular weight excluding hydrogens is 430 g/mol. The Hall–Kier alpha value is -2.42. The number of amides is 2. The van der Waals surface area contributed by atoms with Gasteiger partial charge in [0.25, 0.3) is 5.69 Å². The molecule has 9 heteroatoms. The molecule has 1 aromatic carbocycles. The zero-order valence-corrected chi connectivity index (χ0v) is 18.4. The molecular formula is C23H25N3O5S. The summed E-state index contributed by atoms with van der Waals surface area (Å²) in [6, 6.07) is 5.45. The van der Waals surface area contributed by atoms with Crippen LogP contribution in [0, 0.1) is 33.8 Å². The highest BCUT2D eigenvalue weighted by atomic mass is 32.2. The number of non-ortho nitro benzene ring substituents is 1. The summed E-state index contributed by atoms with van der Waals surface area (Å²) in [6.07, 6.45) is 6.65. The number of carbonyl (C=O) groups is 3. The van der Waals surface area contributed by atoms with Crippen molar-refractivity contribution >= 4 is 35.0 Å². The first kappa shape index (κ1) is 20.2. The highest BCUT2D eigenvalue weighted by molar-refractivity contribution is 7.99. The summed E-state index contributed by atoms with van der Waals surface area (Å²) < 4.78 is 0. The van der Waals surface area contributed by atoms with Gasteiger partial charge < -0.3 is 10.2 Å². The summed E-state index contributed by atoms with van der Waals surface area (Å²) in [5.74, 6) is -0.0383. The average molecular weight is 456 g/mol. The molecule has 0 aromatic heterocycles. The third-order valence-electron chi connectivity index (χ3n) is 8.19.